The molecule has 0 radical (unpaired) electrons. The predicted molar refractivity (Wildman–Crippen MR) is 115 cm³/mol. The van der Waals surface area contributed by atoms with Gasteiger partial charge in [-0.15, -0.1) is 11.0 Å². The van der Waals surface area contributed by atoms with E-state index in [1.807, 2.05) is 41.5 Å². The zero-order valence-corrected chi connectivity index (χ0v) is 18.1. The van der Waals surface area contributed by atoms with E-state index in [-0.39, 0.29) is 17.1 Å². The van der Waals surface area contributed by atoms with E-state index in [2.05, 4.69) is 5.32 Å². The van der Waals surface area contributed by atoms with Gasteiger partial charge in [0.05, 0.1) is 4.92 Å². The van der Waals surface area contributed by atoms with Crippen LogP contribution in [0.3, 0.4) is 0 Å². The van der Waals surface area contributed by atoms with Gasteiger partial charge in [-0.1, -0.05) is 41.5 Å². The minimum absolute atomic E-state index is 0.157. The van der Waals surface area contributed by atoms with Gasteiger partial charge in [-0.05, 0) is 40.2 Å². The number of anilines is 4. The second kappa shape index (κ2) is 8.19. The van der Waals surface area contributed by atoms with Gasteiger partial charge in [0.1, 0.15) is 11.4 Å². The highest BCUT2D eigenvalue weighted by Crippen LogP contribution is 2.43. The van der Waals surface area contributed by atoms with Crippen LogP contribution in [-0.2, 0) is 10.8 Å². The summed E-state index contributed by atoms with van der Waals surface area (Å²) in [6.07, 6.45) is 0. The summed E-state index contributed by atoms with van der Waals surface area (Å²) in [6.45, 7) is 11.1. The topological polar surface area (TPSA) is 171 Å². The van der Waals surface area contributed by atoms with Crippen molar-refractivity contribution in [1.82, 2.24) is 0 Å². The number of hydrogen-bond acceptors (Lipinski definition) is 10. The standard InChI is InChI=1S/C20H26N4O7/c1-19(2,3)13-7-11(8-14(18(13)25)20(4,5)6)21-17-15(23(28)29)9-12(22(26)27)10-16(17)24(30)31/h7-10,21,25,28-29H,1-6H3/q-2/p-1. The summed E-state index contributed by atoms with van der Waals surface area (Å²) in [5, 5.41) is 67.4. The maximum Gasteiger partial charge on any atom is 0.297 e. The van der Waals surface area contributed by atoms with Crippen molar-refractivity contribution in [3.63, 3.8) is 0 Å². The molecule has 3 N–H and O–H groups in total. The molecule has 0 aliphatic heterocycles. The third-order valence-corrected chi connectivity index (χ3v) is 4.68. The van der Waals surface area contributed by atoms with Gasteiger partial charge in [0, 0.05) is 17.4 Å². The molecule has 2 rings (SSSR count). The number of nitro benzene ring substituents is 1. The van der Waals surface area contributed by atoms with Crippen LogP contribution in [0, 0.1) is 20.5 Å². The van der Waals surface area contributed by atoms with Gasteiger partial charge in [0.15, 0.2) is 0 Å². The summed E-state index contributed by atoms with van der Waals surface area (Å²) in [7, 11) is 0. The fraction of sp³-hybridized carbons (Fsp3) is 0.400. The molecule has 2 aromatic rings. The van der Waals surface area contributed by atoms with Crippen LogP contribution in [0.5, 0.6) is 5.75 Å². The van der Waals surface area contributed by atoms with Crippen molar-refractivity contribution in [1.29, 1.82) is 0 Å². The zero-order chi connectivity index (χ0) is 23.9. The SMILES string of the molecule is CC(C)(C)c1cc(Nc2c(N(O)O)cc(N([O-])[O-])cc2[N+](=O)[O-])cc(C(C)(C)C)c1[O-]. The monoisotopic (exact) mass is 433 g/mol. The van der Waals surface area contributed by atoms with Crippen molar-refractivity contribution < 1.29 is 20.4 Å². The molecule has 170 valence electrons. The summed E-state index contributed by atoms with van der Waals surface area (Å²) in [5.41, 5.74) is -2.29. The van der Waals surface area contributed by atoms with Crippen LogP contribution in [0.15, 0.2) is 24.3 Å². The number of nitrogens with one attached hydrogen (secondary N) is 1. The lowest BCUT2D eigenvalue weighted by atomic mass is 9.79. The van der Waals surface area contributed by atoms with Gasteiger partial charge in [-0.25, -0.2) is 0 Å². The fourth-order valence-electron chi connectivity index (χ4n) is 3.09. The van der Waals surface area contributed by atoms with E-state index < -0.39 is 43.3 Å². The Bertz CT molecular complexity index is 957. The van der Waals surface area contributed by atoms with Crippen molar-refractivity contribution in [2.24, 2.45) is 0 Å². The average Bonchev–Trinajstić information content (AvgIpc) is 2.60. The molecule has 31 heavy (non-hydrogen) atoms. The fourth-order valence-corrected chi connectivity index (χ4v) is 3.09. The molecule has 0 bridgehead atoms. The summed E-state index contributed by atoms with van der Waals surface area (Å²) < 4.78 is 0. The predicted octanol–water partition coefficient (Wildman–Crippen LogP) is 4.39. The van der Waals surface area contributed by atoms with Crippen LogP contribution >= 0.6 is 0 Å². The molecule has 0 unspecified atom stereocenters. The Labute approximate surface area is 179 Å². The molecular formula is C20H25N4O7-3. The molecule has 0 aliphatic carbocycles. The van der Waals surface area contributed by atoms with Gasteiger partial charge in [0.2, 0.25) is 0 Å². The van der Waals surface area contributed by atoms with E-state index in [9.17, 15) is 36.0 Å². The van der Waals surface area contributed by atoms with E-state index in [0.717, 1.165) is 6.07 Å². The summed E-state index contributed by atoms with van der Waals surface area (Å²) in [5.74, 6) is -0.157. The highest BCUT2D eigenvalue weighted by Gasteiger charge is 2.26. The Morgan fingerprint density at radius 2 is 1.42 bits per heavy atom. The molecular weight excluding hydrogens is 408 g/mol. The Balaban J connectivity index is 2.80. The third kappa shape index (κ3) is 5.14. The Morgan fingerprint density at radius 3 is 1.77 bits per heavy atom. The van der Waals surface area contributed by atoms with Gasteiger partial charge in [0.25, 0.3) is 5.69 Å². The molecule has 0 heterocycles. The number of nitro groups is 1. The largest absolute Gasteiger partial charge is 0.872 e. The average molecular weight is 433 g/mol. The van der Waals surface area contributed by atoms with E-state index in [1.54, 1.807) is 0 Å². The maximum absolute atomic E-state index is 13.0. The first-order valence-corrected chi connectivity index (χ1v) is 9.31. The van der Waals surface area contributed by atoms with Crippen molar-refractivity contribution in [2.75, 3.05) is 15.8 Å². The van der Waals surface area contributed by atoms with E-state index in [0.29, 0.717) is 17.2 Å². The number of rotatable bonds is 5. The number of benzene rings is 2. The lowest BCUT2D eigenvalue weighted by Crippen LogP contribution is -2.21. The molecule has 0 aromatic heterocycles. The molecule has 2 aromatic carbocycles. The highest BCUT2D eigenvalue weighted by molar-refractivity contribution is 5.86. The van der Waals surface area contributed by atoms with Crippen molar-refractivity contribution in [2.45, 2.75) is 52.4 Å². The smallest absolute Gasteiger partial charge is 0.297 e. The normalized spacial score (nSPS) is 11.9. The molecule has 0 aliphatic rings. The first kappa shape index (κ1) is 24.2. The van der Waals surface area contributed by atoms with E-state index in [4.69, 9.17) is 0 Å². The summed E-state index contributed by atoms with van der Waals surface area (Å²) in [4.78, 5) is 10.7. The maximum atomic E-state index is 13.0. The third-order valence-electron chi connectivity index (χ3n) is 4.68. The van der Waals surface area contributed by atoms with Crippen LogP contribution in [0.4, 0.5) is 28.4 Å². The minimum Gasteiger partial charge on any atom is -0.872 e. The lowest BCUT2D eigenvalue weighted by molar-refractivity contribution is -0.383. The van der Waals surface area contributed by atoms with Gasteiger partial charge in [-0.2, -0.15) is 0 Å². The molecule has 0 spiro atoms. The van der Waals surface area contributed by atoms with Gasteiger partial charge < -0.3 is 26.1 Å². The molecule has 0 atom stereocenters. The minimum atomic E-state index is -0.884. The van der Waals surface area contributed by atoms with Crippen molar-refractivity contribution >= 4 is 28.4 Å². The van der Waals surface area contributed by atoms with Gasteiger partial charge >= 0.3 is 0 Å². The Morgan fingerprint density at radius 1 is 0.935 bits per heavy atom. The first-order valence-electron chi connectivity index (χ1n) is 9.31. The second-order valence-corrected chi connectivity index (χ2v) is 9.19. The molecule has 11 heteroatoms. The molecule has 0 saturated carbocycles. The quantitative estimate of drug-likeness (QED) is 0.453. The van der Waals surface area contributed by atoms with Crippen molar-refractivity contribution in [3.8, 4) is 5.75 Å². The Hall–Kier alpha value is -3.12. The molecule has 0 fully saturated rings. The lowest BCUT2D eigenvalue weighted by Gasteiger charge is -2.38. The van der Waals surface area contributed by atoms with Crippen LogP contribution in [-0.4, -0.2) is 15.3 Å². The van der Waals surface area contributed by atoms with Crippen LogP contribution in [0.25, 0.3) is 0 Å². The molecule has 0 saturated heterocycles. The first-order chi connectivity index (χ1) is 14.0. The number of nitrogens with zero attached hydrogens (tertiary/aromatic N) is 3. The summed E-state index contributed by atoms with van der Waals surface area (Å²) in [6, 6.07) is 4.57. The van der Waals surface area contributed by atoms with Crippen molar-refractivity contribution in [3.05, 3.63) is 55.9 Å². The van der Waals surface area contributed by atoms with Crippen LogP contribution < -0.4 is 20.9 Å². The zero-order valence-electron chi connectivity index (χ0n) is 18.1. The molecule has 0 amide bonds. The van der Waals surface area contributed by atoms with E-state index in [1.165, 1.54) is 12.1 Å². The Kier molecular flexibility index (Phi) is 6.38. The second-order valence-electron chi connectivity index (χ2n) is 9.19. The van der Waals surface area contributed by atoms with E-state index >= 15 is 0 Å². The van der Waals surface area contributed by atoms with Crippen LogP contribution in [0.1, 0.15) is 52.7 Å². The van der Waals surface area contributed by atoms with Crippen LogP contribution in [0.2, 0.25) is 0 Å². The summed E-state index contributed by atoms with van der Waals surface area (Å²) >= 11 is 0. The molecule has 11 nitrogen and oxygen atoms in total. The van der Waals surface area contributed by atoms with Gasteiger partial charge in [-0.3, -0.25) is 20.5 Å². The number of hydrogen-bond donors (Lipinski definition) is 3. The highest BCUT2D eigenvalue weighted by atomic mass is 16.8.